The van der Waals surface area contributed by atoms with Gasteiger partial charge in [0.25, 0.3) is 0 Å². The monoisotopic (exact) mass is 460 g/mol. The van der Waals surface area contributed by atoms with Crippen molar-refractivity contribution in [3.63, 3.8) is 0 Å². The van der Waals surface area contributed by atoms with E-state index in [0.717, 1.165) is 44.2 Å². The molecule has 9 heteroatoms. The van der Waals surface area contributed by atoms with Crippen LogP contribution in [-0.2, 0) is 53.6 Å². The topological polar surface area (TPSA) is 105 Å². The first kappa shape index (κ1) is 22.9. The summed E-state index contributed by atoms with van der Waals surface area (Å²) in [5.41, 5.74) is 5.46. The summed E-state index contributed by atoms with van der Waals surface area (Å²) >= 11 is 0. The van der Waals surface area contributed by atoms with Gasteiger partial charge in [0.2, 0.25) is 0 Å². The van der Waals surface area contributed by atoms with Gasteiger partial charge in [-0.2, -0.15) is 5.10 Å². The van der Waals surface area contributed by atoms with E-state index in [1.165, 1.54) is 22.3 Å². The number of nitrogens with zero attached hydrogens (tertiary/aromatic N) is 2. The minimum Gasteiger partial charge on any atom is -0.379 e. The van der Waals surface area contributed by atoms with Gasteiger partial charge in [-0.15, -0.1) is 0 Å². The predicted molar refractivity (Wildman–Crippen MR) is 123 cm³/mol. The molecule has 8 nitrogen and oxygen atoms in total. The van der Waals surface area contributed by atoms with Crippen LogP contribution in [0.2, 0.25) is 0 Å². The number of benzene rings is 1. The number of carbonyl (C=O) groups excluding carboxylic acids is 1. The minimum atomic E-state index is -1.83. The summed E-state index contributed by atoms with van der Waals surface area (Å²) < 4.78 is 22.0. The molecule has 1 fully saturated rings. The Labute approximate surface area is 191 Å². The molecule has 2 aliphatic carbocycles. The summed E-state index contributed by atoms with van der Waals surface area (Å²) in [6.07, 6.45) is 6.23. The number of carbonyl (C=O) groups is 1. The Bertz CT molecular complexity index is 1010. The van der Waals surface area contributed by atoms with Crippen LogP contribution in [0.1, 0.15) is 61.6 Å². The number of ether oxygens (including phenoxy) is 1. The quantitative estimate of drug-likeness (QED) is 0.636. The molecule has 1 unspecified atom stereocenters. The lowest BCUT2D eigenvalue weighted by atomic mass is 9.98. The van der Waals surface area contributed by atoms with Gasteiger partial charge in [0.15, 0.2) is 21.6 Å². The van der Waals surface area contributed by atoms with E-state index < -0.39 is 22.6 Å². The van der Waals surface area contributed by atoms with E-state index in [9.17, 15) is 14.1 Å². The van der Waals surface area contributed by atoms with Gasteiger partial charge in [0.1, 0.15) is 0 Å². The first-order chi connectivity index (χ1) is 15.5. The Morgan fingerprint density at radius 1 is 1.16 bits per heavy atom. The number of rotatable bonds is 5. The molecular weight excluding hydrogens is 428 g/mol. The molecule has 1 saturated heterocycles. The maximum atomic E-state index is 12.8. The van der Waals surface area contributed by atoms with Crippen molar-refractivity contribution < 1.29 is 18.8 Å². The fourth-order valence-electron chi connectivity index (χ4n) is 4.79. The van der Waals surface area contributed by atoms with Crippen LogP contribution in [0.15, 0.2) is 17.2 Å². The van der Waals surface area contributed by atoms with E-state index in [4.69, 9.17) is 4.74 Å². The number of hydrogen-bond acceptors (Lipinski definition) is 5. The molecular formula is C23H32N4O4S. The summed E-state index contributed by atoms with van der Waals surface area (Å²) in [7, 11) is -1.83. The van der Waals surface area contributed by atoms with Crippen LogP contribution in [0.25, 0.3) is 0 Å². The van der Waals surface area contributed by atoms with Crippen LogP contribution in [0.5, 0.6) is 0 Å². The van der Waals surface area contributed by atoms with Gasteiger partial charge >= 0.3 is 6.03 Å². The first-order valence-corrected chi connectivity index (χ1v) is 12.7. The molecule has 1 atom stereocenters. The second kappa shape index (κ2) is 9.33. The van der Waals surface area contributed by atoms with Crippen molar-refractivity contribution in [2.75, 3.05) is 18.5 Å². The number of hydrogen-bond donors (Lipinski definition) is 3. The van der Waals surface area contributed by atoms with E-state index in [1.807, 2.05) is 20.8 Å². The Hall–Kier alpha value is -2.23. The van der Waals surface area contributed by atoms with Gasteiger partial charge in [-0.05, 0) is 67.7 Å². The number of aliphatic hydroxyl groups is 1. The van der Waals surface area contributed by atoms with Gasteiger partial charge in [-0.1, -0.05) is 19.9 Å². The summed E-state index contributed by atoms with van der Waals surface area (Å²) in [6.45, 7) is 6.78. The summed E-state index contributed by atoms with van der Waals surface area (Å²) in [5, 5.41) is 18.1. The predicted octanol–water partition coefficient (Wildman–Crippen LogP) is 2.97. The molecule has 2 aromatic rings. The van der Waals surface area contributed by atoms with Crippen molar-refractivity contribution in [2.45, 2.75) is 76.5 Å². The zero-order valence-electron chi connectivity index (χ0n) is 19.0. The number of fused-ring (bicyclic) bond motifs is 2. The van der Waals surface area contributed by atoms with Gasteiger partial charge < -0.3 is 15.2 Å². The second-order valence-corrected chi connectivity index (χ2v) is 9.43. The van der Waals surface area contributed by atoms with E-state index in [0.29, 0.717) is 12.2 Å². The Morgan fingerprint density at radius 3 is 2.31 bits per heavy atom. The molecule has 32 heavy (non-hydrogen) atoms. The fraction of sp³-hybridized carbons (Fsp3) is 0.565. The molecule has 0 spiro atoms. The summed E-state index contributed by atoms with van der Waals surface area (Å²) in [4.78, 5) is 12.7. The highest BCUT2D eigenvalue weighted by molar-refractivity contribution is 7.83. The van der Waals surface area contributed by atoms with Gasteiger partial charge in [-0.3, -0.25) is 9.40 Å². The highest BCUT2D eigenvalue weighted by atomic mass is 32.2. The van der Waals surface area contributed by atoms with Crippen molar-refractivity contribution in [1.29, 1.82) is 0 Å². The first-order valence-electron chi connectivity index (χ1n) is 11.5. The molecule has 0 radical (unpaired) electrons. The van der Waals surface area contributed by atoms with Gasteiger partial charge in [0, 0.05) is 18.3 Å². The lowest BCUT2D eigenvalue weighted by molar-refractivity contribution is -0.188. The van der Waals surface area contributed by atoms with Crippen LogP contribution in [0, 0.1) is 0 Å². The average molecular weight is 461 g/mol. The molecule has 3 N–H and O–H groups in total. The summed E-state index contributed by atoms with van der Waals surface area (Å²) in [5.74, 6) is 0. The third kappa shape index (κ3) is 4.09. The number of amides is 2. The van der Waals surface area contributed by atoms with Crippen LogP contribution in [0.4, 0.5) is 10.5 Å². The standard InChI is InChI=1S/C21H26N4O4S.C2H6/c1-2-25-17(21(27)11-29-12-21)10-18(23-25)30(28)24-20(26)22-19-15-7-3-5-13(15)9-14-6-4-8-16(14)19;1-2/h9-10,27H,2-8,11-12H2,1H3,(H2,22,24,26);1-2H3. The molecule has 3 aliphatic rings. The lowest BCUT2D eigenvalue weighted by Gasteiger charge is -2.36. The fourth-order valence-corrected chi connectivity index (χ4v) is 5.50. The average Bonchev–Trinajstić information content (AvgIpc) is 3.52. The van der Waals surface area contributed by atoms with Crippen molar-refractivity contribution in [3.05, 3.63) is 40.1 Å². The maximum absolute atomic E-state index is 12.8. The molecule has 5 rings (SSSR count). The molecule has 174 valence electrons. The maximum Gasteiger partial charge on any atom is 0.331 e. The van der Waals surface area contributed by atoms with Crippen LogP contribution < -0.4 is 10.0 Å². The van der Waals surface area contributed by atoms with Gasteiger partial charge in [-0.25, -0.2) is 9.00 Å². The molecule has 0 bridgehead atoms. The zero-order chi connectivity index (χ0) is 22.9. The number of aryl methyl sites for hydroxylation is 3. The van der Waals surface area contributed by atoms with Crippen molar-refractivity contribution >= 4 is 22.7 Å². The molecule has 1 aromatic heterocycles. The smallest absolute Gasteiger partial charge is 0.331 e. The number of nitrogens with one attached hydrogen (secondary N) is 2. The number of urea groups is 1. The normalized spacial score (nSPS) is 18.6. The molecule has 0 saturated carbocycles. The molecule has 1 aliphatic heterocycles. The molecule has 2 heterocycles. The summed E-state index contributed by atoms with van der Waals surface area (Å²) in [6, 6.07) is 3.39. The third-order valence-electron chi connectivity index (χ3n) is 6.30. The van der Waals surface area contributed by atoms with E-state index in [-0.39, 0.29) is 18.2 Å². The lowest BCUT2D eigenvalue weighted by Crippen LogP contribution is -2.48. The SMILES string of the molecule is CC.CCn1nc(S(=O)NC(=O)Nc2c3c(cc4c2CCC4)CCC3)cc1C1(O)COC1. The Balaban J connectivity index is 0.00000119. The molecule has 1 aromatic carbocycles. The highest BCUT2D eigenvalue weighted by Gasteiger charge is 2.41. The zero-order valence-corrected chi connectivity index (χ0v) is 19.8. The second-order valence-electron chi connectivity index (χ2n) is 8.27. The minimum absolute atomic E-state index is 0.183. The van der Waals surface area contributed by atoms with Crippen LogP contribution >= 0.6 is 0 Å². The van der Waals surface area contributed by atoms with Gasteiger partial charge in [0.05, 0.1) is 18.9 Å². The van der Waals surface area contributed by atoms with Crippen molar-refractivity contribution in [2.24, 2.45) is 0 Å². The number of anilines is 1. The number of aromatic nitrogens is 2. The van der Waals surface area contributed by atoms with E-state index in [1.54, 1.807) is 10.7 Å². The highest BCUT2D eigenvalue weighted by Crippen LogP contribution is 2.38. The largest absolute Gasteiger partial charge is 0.379 e. The third-order valence-corrected chi connectivity index (χ3v) is 7.25. The van der Waals surface area contributed by atoms with E-state index >= 15 is 0 Å². The van der Waals surface area contributed by atoms with Crippen LogP contribution in [-0.4, -0.2) is 38.3 Å². The van der Waals surface area contributed by atoms with Crippen molar-refractivity contribution in [3.8, 4) is 0 Å². The Morgan fingerprint density at radius 2 is 1.78 bits per heavy atom. The van der Waals surface area contributed by atoms with Crippen LogP contribution in [0.3, 0.4) is 0 Å². The van der Waals surface area contributed by atoms with Crippen molar-refractivity contribution in [1.82, 2.24) is 14.5 Å². The van der Waals surface area contributed by atoms with E-state index in [2.05, 4.69) is 21.2 Å². The Kier molecular flexibility index (Phi) is 6.69. The molecule has 2 amide bonds.